The molecule has 0 radical (unpaired) electrons. The van der Waals surface area contributed by atoms with E-state index in [1.807, 2.05) is 35.2 Å². The molecular weight excluding hydrogens is 228 g/mol. The van der Waals surface area contributed by atoms with Gasteiger partial charge in [0.05, 0.1) is 19.3 Å². The molecule has 2 rings (SSSR count). The zero-order valence-electron chi connectivity index (χ0n) is 10.5. The first-order chi connectivity index (χ1) is 8.81. The number of rotatable bonds is 4. The largest absolute Gasteiger partial charge is 0.377 e. The second-order valence-corrected chi connectivity index (χ2v) is 4.54. The molecular formula is C14H20N2O2. The van der Waals surface area contributed by atoms with Crippen molar-refractivity contribution in [3.05, 3.63) is 35.9 Å². The minimum Gasteiger partial charge on any atom is -0.377 e. The molecule has 0 saturated carbocycles. The van der Waals surface area contributed by atoms with Crippen LogP contribution in [0.2, 0.25) is 0 Å². The molecule has 1 aliphatic rings. The van der Waals surface area contributed by atoms with Gasteiger partial charge in [-0.2, -0.15) is 0 Å². The van der Waals surface area contributed by atoms with Crippen LogP contribution < -0.4 is 5.73 Å². The van der Waals surface area contributed by atoms with Gasteiger partial charge in [0.25, 0.3) is 0 Å². The Kier molecular flexibility index (Phi) is 4.73. The quantitative estimate of drug-likeness (QED) is 0.857. The summed E-state index contributed by atoms with van der Waals surface area (Å²) in [7, 11) is 0. The number of benzene rings is 1. The Balaban J connectivity index is 1.87. The summed E-state index contributed by atoms with van der Waals surface area (Å²) in [4.78, 5) is 14.0. The Morgan fingerprint density at radius 1 is 1.39 bits per heavy atom. The van der Waals surface area contributed by atoms with E-state index >= 15 is 0 Å². The molecule has 0 aliphatic carbocycles. The summed E-state index contributed by atoms with van der Waals surface area (Å²) >= 11 is 0. The smallest absolute Gasteiger partial charge is 0.223 e. The van der Waals surface area contributed by atoms with Crippen LogP contribution in [-0.2, 0) is 16.0 Å². The summed E-state index contributed by atoms with van der Waals surface area (Å²) in [6.07, 6.45) is 1.33. The third kappa shape index (κ3) is 3.31. The number of nitrogens with zero attached hydrogens (tertiary/aromatic N) is 1. The molecule has 1 aliphatic heterocycles. The highest BCUT2D eigenvalue weighted by Crippen LogP contribution is 2.10. The topological polar surface area (TPSA) is 55.6 Å². The van der Waals surface area contributed by atoms with Crippen LogP contribution in [0.25, 0.3) is 0 Å². The lowest BCUT2D eigenvalue weighted by Gasteiger charge is -2.35. The lowest BCUT2D eigenvalue weighted by molar-refractivity contribution is -0.139. The van der Waals surface area contributed by atoms with Crippen LogP contribution in [0.3, 0.4) is 0 Å². The van der Waals surface area contributed by atoms with E-state index < -0.39 is 0 Å². The summed E-state index contributed by atoms with van der Waals surface area (Å²) in [6.45, 7) is 2.31. The van der Waals surface area contributed by atoms with Crippen LogP contribution in [0, 0.1) is 0 Å². The predicted octanol–water partition coefficient (Wildman–Crippen LogP) is 0.805. The Morgan fingerprint density at radius 2 is 2.17 bits per heavy atom. The highest BCUT2D eigenvalue weighted by molar-refractivity contribution is 5.77. The molecule has 98 valence electrons. The molecule has 1 unspecified atom stereocenters. The number of hydrogen-bond acceptors (Lipinski definition) is 3. The zero-order valence-corrected chi connectivity index (χ0v) is 10.5. The van der Waals surface area contributed by atoms with E-state index in [1.54, 1.807) is 0 Å². The lowest BCUT2D eigenvalue weighted by Crippen LogP contribution is -2.52. The summed E-state index contributed by atoms with van der Waals surface area (Å²) in [5.41, 5.74) is 6.86. The van der Waals surface area contributed by atoms with E-state index in [0.717, 1.165) is 6.42 Å². The van der Waals surface area contributed by atoms with Crippen molar-refractivity contribution in [3.8, 4) is 0 Å². The standard InChI is InChI=1S/C14H20N2O2/c15-10-13-11-18-9-8-16(13)14(17)7-6-12-4-2-1-3-5-12/h1-5,13H,6-11,15H2. The van der Waals surface area contributed by atoms with Gasteiger partial charge in [0.2, 0.25) is 5.91 Å². The van der Waals surface area contributed by atoms with Gasteiger partial charge >= 0.3 is 0 Å². The molecule has 0 aromatic heterocycles. The lowest BCUT2D eigenvalue weighted by atomic mass is 10.1. The molecule has 4 nitrogen and oxygen atoms in total. The molecule has 18 heavy (non-hydrogen) atoms. The fourth-order valence-electron chi connectivity index (χ4n) is 2.22. The van der Waals surface area contributed by atoms with Crippen molar-refractivity contribution in [1.29, 1.82) is 0 Å². The van der Waals surface area contributed by atoms with Crippen LogP contribution in [0.4, 0.5) is 0 Å². The van der Waals surface area contributed by atoms with Crippen LogP contribution in [-0.4, -0.2) is 43.2 Å². The predicted molar refractivity (Wildman–Crippen MR) is 70.1 cm³/mol. The zero-order chi connectivity index (χ0) is 12.8. The fraction of sp³-hybridized carbons (Fsp3) is 0.500. The molecule has 1 saturated heterocycles. The Bertz CT molecular complexity index is 381. The second kappa shape index (κ2) is 6.52. The number of ether oxygens (including phenoxy) is 1. The van der Waals surface area contributed by atoms with Crippen LogP contribution in [0.1, 0.15) is 12.0 Å². The van der Waals surface area contributed by atoms with E-state index in [9.17, 15) is 4.79 Å². The fourth-order valence-corrected chi connectivity index (χ4v) is 2.22. The first kappa shape index (κ1) is 13.1. The van der Waals surface area contributed by atoms with Crippen molar-refractivity contribution in [2.24, 2.45) is 5.73 Å². The number of amides is 1. The highest BCUT2D eigenvalue weighted by Gasteiger charge is 2.25. The van der Waals surface area contributed by atoms with Gasteiger partial charge in [-0.05, 0) is 12.0 Å². The number of carbonyl (C=O) groups excluding carboxylic acids is 1. The Hall–Kier alpha value is -1.39. The van der Waals surface area contributed by atoms with Gasteiger partial charge < -0.3 is 15.4 Å². The number of aryl methyl sites for hydroxylation is 1. The van der Waals surface area contributed by atoms with Crippen LogP contribution >= 0.6 is 0 Å². The second-order valence-electron chi connectivity index (χ2n) is 4.54. The monoisotopic (exact) mass is 248 g/mol. The molecule has 0 spiro atoms. The van der Waals surface area contributed by atoms with Gasteiger partial charge in [0.1, 0.15) is 0 Å². The SMILES string of the molecule is NCC1COCCN1C(=O)CCc1ccccc1. The summed E-state index contributed by atoms with van der Waals surface area (Å²) in [5.74, 6) is 0.178. The maximum absolute atomic E-state index is 12.2. The number of morpholine rings is 1. The van der Waals surface area contributed by atoms with Gasteiger partial charge in [-0.25, -0.2) is 0 Å². The minimum absolute atomic E-state index is 0.0435. The molecule has 2 N–H and O–H groups in total. The normalized spacial score (nSPS) is 19.8. The molecule has 0 bridgehead atoms. The van der Waals surface area contributed by atoms with Crippen molar-refractivity contribution in [2.75, 3.05) is 26.3 Å². The minimum atomic E-state index is 0.0435. The molecule has 1 fully saturated rings. The van der Waals surface area contributed by atoms with Gasteiger partial charge in [0.15, 0.2) is 0 Å². The molecule has 1 heterocycles. The number of hydrogen-bond donors (Lipinski definition) is 1. The van der Waals surface area contributed by atoms with Crippen molar-refractivity contribution in [3.63, 3.8) is 0 Å². The van der Waals surface area contributed by atoms with Gasteiger partial charge in [-0.1, -0.05) is 30.3 Å². The van der Waals surface area contributed by atoms with E-state index in [-0.39, 0.29) is 11.9 Å². The molecule has 4 heteroatoms. The highest BCUT2D eigenvalue weighted by atomic mass is 16.5. The third-order valence-electron chi connectivity index (χ3n) is 3.29. The van der Waals surface area contributed by atoms with E-state index in [0.29, 0.717) is 32.7 Å². The third-order valence-corrected chi connectivity index (χ3v) is 3.29. The van der Waals surface area contributed by atoms with E-state index in [2.05, 4.69) is 0 Å². The van der Waals surface area contributed by atoms with Crippen LogP contribution in [0.15, 0.2) is 30.3 Å². The molecule has 1 amide bonds. The first-order valence-corrected chi connectivity index (χ1v) is 6.42. The summed E-state index contributed by atoms with van der Waals surface area (Å²) < 4.78 is 5.34. The Labute approximate surface area is 108 Å². The summed E-state index contributed by atoms with van der Waals surface area (Å²) in [6, 6.07) is 10.1. The number of nitrogens with two attached hydrogens (primary N) is 1. The van der Waals surface area contributed by atoms with Gasteiger partial charge in [0, 0.05) is 19.5 Å². The average Bonchev–Trinajstić information content (AvgIpc) is 2.45. The van der Waals surface area contributed by atoms with Crippen molar-refractivity contribution < 1.29 is 9.53 Å². The Morgan fingerprint density at radius 3 is 2.89 bits per heavy atom. The van der Waals surface area contributed by atoms with Gasteiger partial charge in [-0.15, -0.1) is 0 Å². The molecule has 1 atom stereocenters. The summed E-state index contributed by atoms with van der Waals surface area (Å²) in [5, 5.41) is 0. The van der Waals surface area contributed by atoms with E-state index in [1.165, 1.54) is 5.56 Å². The van der Waals surface area contributed by atoms with Crippen LogP contribution in [0.5, 0.6) is 0 Å². The molecule has 1 aromatic rings. The maximum Gasteiger partial charge on any atom is 0.223 e. The van der Waals surface area contributed by atoms with Crippen molar-refractivity contribution in [1.82, 2.24) is 4.90 Å². The number of carbonyl (C=O) groups is 1. The van der Waals surface area contributed by atoms with Crippen molar-refractivity contribution in [2.45, 2.75) is 18.9 Å². The average molecular weight is 248 g/mol. The maximum atomic E-state index is 12.2. The first-order valence-electron chi connectivity index (χ1n) is 6.42. The van der Waals surface area contributed by atoms with Gasteiger partial charge in [-0.3, -0.25) is 4.79 Å². The molecule has 1 aromatic carbocycles. The van der Waals surface area contributed by atoms with E-state index in [4.69, 9.17) is 10.5 Å². The van der Waals surface area contributed by atoms with Crippen molar-refractivity contribution >= 4 is 5.91 Å².